The second kappa shape index (κ2) is 7.87. The van der Waals surface area contributed by atoms with Crippen LogP contribution in [0.5, 0.6) is 0 Å². The molecule has 4 atom stereocenters. The summed E-state index contributed by atoms with van der Waals surface area (Å²) in [4.78, 5) is 27.6. The average molecular weight is 349 g/mol. The molecule has 1 saturated heterocycles. The highest BCUT2D eigenvalue weighted by Crippen LogP contribution is 2.38. The van der Waals surface area contributed by atoms with E-state index < -0.39 is 11.6 Å². The molecule has 0 aromatic heterocycles. The van der Waals surface area contributed by atoms with Crippen molar-refractivity contribution in [3.8, 4) is 0 Å². The Bertz CT molecular complexity index is 536. The lowest BCUT2D eigenvalue weighted by molar-refractivity contribution is -0.145. The smallest absolute Gasteiger partial charge is 0.246 e. The summed E-state index contributed by atoms with van der Waals surface area (Å²) in [5, 5.41) is 16.7. The Labute approximate surface area is 150 Å². The van der Waals surface area contributed by atoms with E-state index in [1.165, 1.54) is 0 Å². The van der Waals surface area contributed by atoms with Gasteiger partial charge in [-0.25, -0.2) is 0 Å². The molecule has 1 aliphatic carbocycles. The number of aliphatic hydroxyl groups is 1. The van der Waals surface area contributed by atoms with E-state index in [2.05, 4.69) is 22.8 Å². The van der Waals surface area contributed by atoms with Gasteiger partial charge in [-0.1, -0.05) is 25.5 Å². The molecule has 6 heteroatoms. The lowest BCUT2D eigenvalue weighted by atomic mass is 9.88. The van der Waals surface area contributed by atoms with E-state index in [0.29, 0.717) is 31.7 Å². The molecular formula is C19H31N3O3. The number of nitrogens with zero attached hydrogens (tertiary/aromatic N) is 1. The van der Waals surface area contributed by atoms with Gasteiger partial charge in [0.25, 0.3) is 0 Å². The molecule has 0 spiro atoms. The summed E-state index contributed by atoms with van der Waals surface area (Å²) < 4.78 is 0. The Morgan fingerprint density at radius 3 is 3.00 bits per heavy atom. The van der Waals surface area contributed by atoms with E-state index in [4.69, 9.17) is 0 Å². The first kappa shape index (κ1) is 18.4. The Morgan fingerprint density at radius 2 is 2.20 bits per heavy atom. The molecule has 0 bridgehead atoms. The van der Waals surface area contributed by atoms with Crippen LogP contribution in [0.4, 0.5) is 0 Å². The number of allylic oxidation sites excluding steroid dienone is 1. The number of nitrogens with one attached hydrogen (secondary N) is 2. The lowest BCUT2D eigenvalue weighted by Gasteiger charge is -2.37. The van der Waals surface area contributed by atoms with Gasteiger partial charge in [-0.3, -0.25) is 9.59 Å². The van der Waals surface area contributed by atoms with E-state index in [1.54, 1.807) is 4.90 Å². The lowest BCUT2D eigenvalue weighted by Crippen LogP contribution is -2.58. The standard InChI is InChI=1S/C19H31N3O3/c1-2-8-19-12-15(23)13-22(19)17(24)7-10-20-9-5-3-4-6-14-11-16(14)21-18(19)25/h4,6,14-16,20,23H,2-3,5,7-13H2,1H3,(H,21,25)/b6-4-. The Morgan fingerprint density at radius 1 is 1.36 bits per heavy atom. The molecule has 6 nitrogen and oxygen atoms in total. The third-order valence-corrected chi connectivity index (χ3v) is 5.65. The van der Waals surface area contributed by atoms with Gasteiger partial charge in [0, 0.05) is 32.0 Å². The Hall–Kier alpha value is -1.40. The third kappa shape index (κ3) is 4.06. The highest BCUT2D eigenvalue weighted by atomic mass is 16.3. The molecule has 25 heavy (non-hydrogen) atoms. The SMILES string of the molecule is CCCC12CC(O)CN1C(=O)CCNCCC/C=C\C1CC1NC2=O. The van der Waals surface area contributed by atoms with Gasteiger partial charge >= 0.3 is 0 Å². The highest BCUT2D eigenvalue weighted by molar-refractivity contribution is 5.92. The van der Waals surface area contributed by atoms with Crippen LogP contribution in [0.25, 0.3) is 0 Å². The van der Waals surface area contributed by atoms with E-state index in [9.17, 15) is 14.7 Å². The number of carbonyl (C=O) groups is 2. The molecule has 2 heterocycles. The first-order valence-corrected chi connectivity index (χ1v) is 9.73. The normalized spacial score (nSPS) is 38.2. The molecule has 2 aliphatic heterocycles. The van der Waals surface area contributed by atoms with Crippen LogP contribution in [0, 0.1) is 5.92 Å². The fourth-order valence-corrected chi connectivity index (χ4v) is 4.24. The molecule has 2 amide bonds. The van der Waals surface area contributed by atoms with Crippen molar-refractivity contribution in [2.75, 3.05) is 19.6 Å². The van der Waals surface area contributed by atoms with Crippen molar-refractivity contribution in [1.29, 1.82) is 0 Å². The number of carbonyl (C=O) groups excluding carboxylic acids is 2. The van der Waals surface area contributed by atoms with Gasteiger partial charge in [0.1, 0.15) is 5.54 Å². The molecule has 0 aromatic carbocycles. The van der Waals surface area contributed by atoms with Gasteiger partial charge in [0.2, 0.25) is 11.8 Å². The van der Waals surface area contributed by atoms with Crippen molar-refractivity contribution in [2.24, 2.45) is 5.92 Å². The minimum absolute atomic E-state index is 0.0343. The number of rotatable bonds is 2. The van der Waals surface area contributed by atoms with Crippen LogP contribution in [-0.2, 0) is 9.59 Å². The minimum Gasteiger partial charge on any atom is -0.391 e. The zero-order valence-corrected chi connectivity index (χ0v) is 15.2. The van der Waals surface area contributed by atoms with Gasteiger partial charge in [0.05, 0.1) is 6.10 Å². The summed E-state index contributed by atoms with van der Waals surface area (Å²) >= 11 is 0. The van der Waals surface area contributed by atoms with Crippen LogP contribution in [0.1, 0.15) is 51.9 Å². The van der Waals surface area contributed by atoms with Crippen molar-refractivity contribution >= 4 is 11.8 Å². The molecule has 3 aliphatic rings. The molecule has 3 N–H and O–H groups in total. The predicted octanol–water partition coefficient (Wildman–Crippen LogP) is 0.953. The largest absolute Gasteiger partial charge is 0.391 e. The number of hydrogen-bond donors (Lipinski definition) is 3. The highest BCUT2D eigenvalue weighted by Gasteiger charge is 2.53. The summed E-state index contributed by atoms with van der Waals surface area (Å²) in [5.41, 5.74) is -0.887. The molecule has 2 fully saturated rings. The zero-order chi connectivity index (χ0) is 17.9. The summed E-state index contributed by atoms with van der Waals surface area (Å²) in [7, 11) is 0. The number of β-amino-alcohol motifs (C(OH)–C–C–N with tert-alkyl or cyclic N) is 1. The fraction of sp³-hybridized carbons (Fsp3) is 0.789. The van der Waals surface area contributed by atoms with E-state index >= 15 is 0 Å². The van der Waals surface area contributed by atoms with Gasteiger partial charge in [-0.2, -0.15) is 0 Å². The van der Waals surface area contributed by atoms with Crippen molar-refractivity contribution in [3.63, 3.8) is 0 Å². The summed E-state index contributed by atoms with van der Waals surface area (Å²) in [6.45, 7) is 3.80. The van der Waals surface area contributed by atoms with Crippen LogP contribution in [-0.4, -0.2) is 59.1 Å². The van der Waals surface area contributed by atoms with Crippen LogP contribution in [0.15, 0.2) is 12.2 Å². The Balaban J connectivity index is 1.81. The van der Waals surface area contributed by atoms with Crippen molar-refractivity contribution < 1.29 is 14.7 Å². The van der Waals surface area contributed by atoms with Crippen molar-refractivity contribution in [2.45, 2.75) is 69.6 Å². The topological polar surface area (TPSA) is 81.7 Å². The van der Waals surface area contributed by atoms with Gasteiger partial charge < -0.3 is 20.6 Å². The number of fused-ring (bicyclic) bond motifs is 2. The number of hydrogen-bond acceptors (Lipinski definition) is 4. The fourth-order valence-electron chi connectivity index (χ4n) is 4.24. The van der Waals surface area contributed by atoms with Crippen molar-refractivity contribution in [1.82, 2.24) is 15.5 Å². The van der Waals surface area contributed by atoms with Crippen molar-refractivity contribution in [3.05, 3.63) is 12.2 Å². The van der Waals surface area contributed by atoms with Crippen LogP contribution < -0.4 is 10.6 Å². The van der Waals surface area contributed by atoms with Gasteiger partial charge in [0.15, 0.2) is 0 Å². The van der Waals surface area contributed by atoms with Crippen LogP contribution in [0.3, 0.4) is 0 Å². The van der Waals surface area contributed by atoms with Crippen LogP contribution in [0.2, 0.25) is 0 Å². The van der Waals surface area contributed by atoms with E-state index in [-0.39, 0.29) is 24.4 Å². The van der Waals surface area contributed by atoms with E-state index in [0.717, 1.165) is 32.2 Å². The molecule has 0 radical (unpaired) electrons. The number of amides is 2. The molecule has 1 saturated carbocycles. The average Bonchev–Trinajstić information content (AvgIpc) is 3.21. The first-order valence-electron chi connectivity index (χ1n) is 9.73. The van der Waals surface area contributed by atoms with Crippen LogP contribution >= 0.6 is 0 Å². The maximum absolute atomic E-state index is 13.1. The predicted molar refractivity (Wildman–Crippen MR) is 95.9 cm³/mol. The maximum Gasteiger partial charge on any atom is 0.246 e. The molecule has 0 aromatic rings. The number of aliphatic hydroxyl groups excluding tert-OH is 1. The minimum atomic E-state index is -0.887. The molecular weight excluding hydrogens is 318 g/mol. The summed E-state index contributed by atoms with van der Waals surface area (Å²) in [6, 6.07) is 0.176. The quantitative estimate of drug-likeness (QED) is 0.649. The maximum atomic E-state index is 13.1. The summed E-state index contributed by atoms with van der Waals surface area (Å²) in [6.07, 6.45) is 8.96. The first-order chi connectivity index (χ1) is 12.1. The molecule has 4 unspecified atom stereocenters. The molecule has 140 valence electrons. The monoisotopic (exact) mass is 349 g/mol. The summed E-state index contributed by atoms with van der Waals surface area (Å²) in [5.74, 6) is 0.298. The Kier molecular flexibility index (Phi) is 5.79. The zero-order valence-electron chi connectivity index (χ0n) is 15.2. The second-order valence-corrected chi connectivity index (χ2v) is 7.69. The van der Waals surface area contributed by atoms with Gasteiger partial charge in [-0.15, -0.1) is 0 Å². The second-order valence-electron chi connectivity index (χ2n) is 7.69. The molecule has 3 rings (SSSR count). The third-order valence-electron chi connectivity index (χ3n) is 5.65. The van der Waals surface area contributed by atoms with Gasteiger partial charge in [-0.05, 0) is 38.1 Å². The van der Waals surface area contributed by atoms with E-state index in [1.807, 2.05) is 6.92 Å².